The second-order valence-corrected chi connectivity index (χ2v) is 6.67. The maximum absolute atomic E-state index is 14.3. The van der Waals surface area contributed by atoms with Crippen LogP contribution < -0.4 is 11.1 Å². The van der Waals surface area contributed by atoms with E-state index in [2.05, 4.69) is 10.5 Å². The average molecular weight is 356 g/mol. The lowest BCUT2D eigenvalue weighted by molar-refractivity contribution is -0.144. The second-order valence-electron chi connectivity index (χ2n) is 6.67. The lowest BCUT2D eigenvalue weighted by Crippen LogP contribution is -2.59. The first-order valence-corrected chi connectivity index (χ1v) is 8.54. The molecule has 1 saturated carbocycles. The third-order valence-electron chi connectivity index (χ3n) is 4.59. The van der Waals surface area contributed by atoms with E-state index < -0.39 is 24.4 Å². The van der Waals surface area contributed by atoms with E-state index in [0.717, 1.165) is 17.7 Å². The van der Waals surface area contributed by atoms with Crippen LogP contribution in [-0.2, 0) is 4.79 Å². The summed E-state index contributed by atoms with van der Waals surface area (Å²) in [6.07, 6.45) is 2.60. The summed E-state index contributed by atoms with van der Waals surface area (Å²) in [5.41, 5.74) is 5.35. The summed E-state index contributed by atoms with van der Waals surface area (Å²) in [7, 11) is 0. The molecule has 7 nitrogen and oxygen atoms in total. The Morgan fingerprint density at radius 1 is 1.40 bits per heavy atom. The van der Waals surface area contributed by atoms with Crippen molar-refractivity contribution in [1.29, 1.82) is 0 Å². The highest BCUT2D eigenvalue weighted by Gasteiger charge is 2.46. The van der Waals surface area contributed by atoms with Crippen LogP contribution in [-0.4, -0.2) is 53.5 Å². The largest absolute Gasteiger partial charge is 0.360 e. The van der Waals surface area contributed by atoms with E-state index in [0.29, 0.717) is 24.6 Å². The third kappa shape index (κ3) is 4.15. The fourth-order valence-electron chi connectivity index (χ4n) is 2.93. The van der Waals surface area contributed by atoms with Crippen LogP contribution in [0.25, 0.3) is 0 Å². The van der Waals surface area contributed by atoms with Crippen LogP contribution in [0.2, 0.25) is 0 Å². The minimum atomic E-state index is -3.20. The molecule has 3 rings (SSSR count). The molecule has 1 aliphatic carbocycles. The molecular weight excluding hydrogens is 334 g/mol. The summed E-state index contributed by atoms with van der Waals surface area (Å²) in [6, 6.07) is 0.177. The van der Waals surface area contributed by atoms with Crippen molar-refractivity contribution in [3.8, 4) is 0 Å². The van der Waals surface area contributed by atoms with Crippen LogP contribution in [0.15, 0.2) is 10.6 Å². The Kier molecular flexibility index (Phi) is 5.03. The molecule has 1 aromatic rings. The average Bonchev–Trinajstić information content (AvgIpc) is 3.31. The molecule has 0 aromatic carbocycles. The molecule has 3 N–H and O–H groups in total. The topological polar surface area (TPSA) is 101 Å². The fraction of sp³-hybridized carbons (Fsp3) is 0.688. The minimum absolute atomic E-state index is 0.0131. The van der Waals surface area contributed by atoms with E-state index in [9.17, 15) is 18.4 Å². The van der Waals surface area contributed by atoms with Crippen molar-refractivity contribution in [3.63, 3.8) is 0 Å². The van der Waals surface area contributed by atoms with Gasteiger partial charge in [0, 0.05) is 24.9 Å². The van der Waals surface area contributed by atoms with Crippen molar-refractivity contribution >= 4 is 11.8 Å². The van der Waals surface area contributed by atoms with Crippen molar-refractivity contribution in [2.45, 2.75) is 50.0 Å². The molecule has 25 heavy (non-hydrogen) atoms. The van der Waals surface area contributed by atoms with Gasteiger partial charge in [0.1, 0.15) is 5.76 Å². The van der Waals surface area contributed by atoms with Crippen molar-refractivity contribution in [2.24, 2.45) is 5.73 Å². The highest BCUT2D eigenvalue weighted by molar-refractivity contribution is 5.92. The number of nitrogens with one attached hydrogen (secondary N) is 1. The number of likely N-dealkylation sites (tertiary alicyclic amines) is 1. The first-order valence-electron chi connectivity index (χ1n) is 8.54. The molecule has 9 heteroatoms. The van der Waals surface area contributed by atoms with Gasteiger partial charge in [-0.2, -0.15) is 0 Å². The van der Waals surface area contributed by atoms with Gasteiger partial charge in [-0.1, -0.05) is 5.16 Å². The summed E-state index contributed by atoms with van der Waals surface area (Å²) >= 11 is 0. The standard InChI is InChI=1S/C16H22F2N4O3/c17-16(18)9-22(14(23)2-1-6-19)7-5-13(16)20-15(24)11-8-12(25-21-11)10-3-4-10/h8,10,13H,1-7,9,19H2,(H,20,24). The first kappa shape index (κ1) is 17.8. The number of alkyl halides is 2. The summed E-state index contributed by atoms with van der Waals surface area (Å²) in [5, 5.41) is 5.99. The van der Waals surface area contributed by atoms with Gasteiger partial charge in [-0.15, -0.1) is 0 Å². The maximum atomic E-state index is 14.3. The van der Waals surface area contributed by atoms with Crippen LogP contribution in [0.3, 0.4) is 0 Å². The number of nitrogens with two attached hydrogens (primary N) is 1. The van der Waals surface area contributed by atoms with Crippen LogP contribution >= 0.6 is 0 Å². The van der Waals surface area contributed by atoms with Gasteiger partial charge in [0.15, 0.2) is 5.69 Å². The summed E-state index contributed by atoms with van der Waals surface area (Å²) in [6.45, 7) is -0.182. The monoisotopic (exact) mass is 356 g/mol. The van der Waals surface area contributed by atoms with Gasteiger partial charge in [-0.05, 0) is 32.2 Å². The number of carbonyl (C=O) groups is 2. The number of aromatic nitrogens is 1. The smallest absolute Gasteiger partial charge is 0.285 e. The Bertz CT molecular complexity index is 645. The summed E-state index contributed by atoms with van der Waals surface area (Å²) in [4.78, 5) is 25.2. The van der Waals surface area contributed by atoms with Gasteiger partial charge in [0.25, 0.3) is 11.8 Å². The predicted molar refractivity (Wildman–Crippen MR) is 84.2 cm³/mol. The molecule has 2 fully saturated rings. The number of rotatable bonds is 6. The van der Waals surface area contributed by atoms with E-state index in [1.54, 1.807) is 0 Å². The van der Waals surface area contributed by atoms with E-state index in [-0.39, 0.29) is 31.0 Å². The summed E-state index contributed by atoms with van der Waals surface area (Å²) in [5.74, 6) is -3.30. The van der Waals surface area contributed by atoms with E-state index in [1.165, 1.54) is 6.07 Å². The Morgan fingerprint density at radius 3 is 2.80 bits per heavy atom. The van der Waals surface area contributed by atoms with Gasteiger partial charge >= 0.3 is 0 Å². The van der Waals surface area contributed by atoms with Gasteiger partial charge in [0.05, 0.1) is 12.6 Å². The Hall–Kier alpha value is -2.03. The first-order chi connectivity index (χ1) is 11.9. The molecule has 1 aromatic heterocycles. The molecule has 2 heterocycles. The SMILES string of the molecule is NCCCC(=O)N1CCC(NC(=O)c2cc(C3CC3)on2)C(F)(F)C1. The molecule has 0 spiro atoms. The van der Waals surface area contributed by atoms with Crippen LogP contribution in [0.4, 0.5) is 8.78 Å². The van der Waals surface area contributed by atoms with Gasteiger partial charge in [0.2, 0.25) is 5.91 Å². The molecule has 2 amide bonds. The van der Waals surface area contributed by atoms with Crippen molar-refractivity contribution in [1.82, 2.24) is 15.4 Å². The Balaban J connectivity index is 1.57. The van der Waals surface area contributed by atoms with Crippen molar-refractivity contribution in [3.05, 3.63) is 17.5 Å². The number of halogens is 2. The fourth-order valence-corrected chi connectivity index (χ4v) is 2.93. The van der Waals surface area contributed by atoms with E-state index in [1.807, 2.05) is 0 Å². The van der Waals surface area contributed by atoms with E-state index in [4.69, 9.17) is 10.3 Å². The lowest BCUT2D eigenvalue weighted by atomic mass is 10.00. The second kappa shape index (κ2) is 7.07. The number of carbonyl (C=O) groups excluding carboxylic acids is 2. The molecule has 138 valence electrons. The molecule has 1 saturated heterocycles. The zero-order valence-electron chi connectivity index (χ0n) is 13.8. The van der Waals surface area contributed by atoms with E-state index >= 15 is 0 Å². The van der Waals surface area contributed by atoms with Crippen LogP contribution in [0.1, 0.15) is 54.3 Å². The number of hydrogen-bond donors (Lipinski definition) is 2. The van der Waals surface area contributed by atoms with Crippen LogP contribution in [0, 0.1) is 0 Å². The van der Waals surface area contributed by atoms with Gasteiger partial charge < -0.3 is 20.5 Å². The number of amides is 2. The minimum Gasteiger partial charge on any atom is -0.360 e. The highest BCUT2D eigenvalue weighted by Crippen LogP contribution is 2.40. The number of nitrogens with zero attached hydrogens (tertiary/aromatic N) is 2. The van der Waals surface area contributed by atoms with Crippen molar-refractivity contribution < 1.29 is 22.9 Å². The summed E-state index contributed by atoms with van der Waals surface area (Å²) < 4.78 is 33.8. The van der Waals surface area contributed by atoms with Gasteiger partial charge in [-0.3, -0.25) is 9.59 Å². The predicted octanol–water partition coefficient (Wildman–Crippen LogP) is 1.26. The third-order valence-corrected chi connectivity index (χ3v) is 4.59. The molecule has 0 bridgehead atoms. The highest BCUT2D eigenvalue weighted by atomic mass is 19.3. The Morgan fingerprint density at radius 2 is 2.16 bits per heavy atom. The molecule has 2 aliphatic rings. The number of piperidine rings is 1. The zero-order chi connectivity index (χ0) is 18.0. The molecular formula is C16H22F2N4O3. The molecule has 0 radical (unpaired) electrons. The molecule has 1 aliphatic heterocycles. The molecule has 1 unspecified atom stereocenters. The van der Waals surface area contributed by atoms with Crippen molar-refractivity contribution in [2.75, 3.05) is 19.6 Å². The normalized spacial score (nSPS) is 22.7. The zero-order valence-corrected chi connectivity index (χ0v) is 13.8. The van der Waals surface area contributed by atoms with Gasteiger partial charge in [-0.25, -0.2) is 8.78 Å². The quantitative estimate of drug-likeness (QED) is 0.799. The number of hydrogen-bond acceptors (Lipinski definition) is 5. The Labute approximate surface area is 143 Å². The molecule has 1 atom stereocenters. The maximum Gasteiger partial charge on any atom is 0.285 e. The van der Waals surface area contributed by atoms with Crippen LogP contribution in [0.5, 0.6) is 0 Å². The lowest BCUT2D eigenvalue weighted by Gasteiger charge is -2.38.